The number of nitrogens with zero attached hydrogens (tertiary/aromatic N) is 2. The van der Waals surface area contributed by atoms with Gasteiger partial charge in [-0.25, -0.2) is 4.99 Å². The molecule has 0 atom stereocenters. The number of nitrogens with one attached hydrogen (secondary N) is 2. The van der Waals surface area contributed by atoms with Gasteiger partial charge in [0.15, 0.2) is 17.5 Å². The van der Waals surface area contributed by atoms with Crippen molar-refractivity contribution >= 4 is 21.9 Å². The number of fused-ring (bicyclic) bond motifs is 1. The minimum atomic E-state index is 0.278. The first-order chi connectivity index (χ1) is 12.6. The van der Waals surface area contributed by atoms with Crippen LogP contribution in [0.3, 0.4) is 0 Å². The van der Waals surface area contributed by atoms with Crippen molar-refractivity contribution in [2.45, 2.75) is 52.2 Å². The van der Waals surface area contributed by atoms with Crippen LogP contribution in [0, 0.1) is 0 Å². The number of benzene rings is 1. The Balaban J connectivity index is 1.60. The third-order valence-corrected chi connectivity index (χ3v) is 5.44. The third-order valence-electron chi connectivity index (χ3n) is 4.85. The van der Waals surface area contributed by atoms with Crippen LogP contribution in [0.5, 0.6) is 11.5 Å². The lowest BCUT2D eigenvalue weighted by atomic mass is 10.0. The van der Waals surface area contributed by atoms with Crippen molar-refractivity contribution in [3.05, 3.63) is 22.2 Å². The normalized spacial score (nSPS) is 18.4. The summed E-state index contributed by atoms with van der Waals surface area (Å²) in [7, 11) is 0. The van der Waals surface area contributed by atoms with E-state index < -0.39 is 0 Å². The van der Waals surface area contributed by atoms with Crippen LogP contribution >= 0.6 is 15.9 Å². The van der Waals surface area contributed by atoms with E-state index in [1.165, 1.54) is 0 Å². The minimum absolute atomic E-state index is 0.278. The van der Waals surface area contributed by atoms with E-state index in [0.717, 1.165) is 60.0 Å². The summed E-state index contributed by atoms with van der Waals surface area (Å²) in [5.41, 5.74) is 1.09. The van der Waals surface area contributed by atoms with Crippen molar-refractivity contribution in [3.8, 4) is 11.5 Å². The van der Waals surface area contributed by atoms with Crippen molar-refractivity contribution in [2.75, 3.05) is 26.4 Å². The summed E-state index contributed by atoms with van der Waals surface area (Å²) in [6.07, 6.45) is 2.30. The summed E-state index contributed by atoms with van der Waals surface area (Å²) >= 11 is 3.54. The van der Waals surface area contributed by atoms with Gasteiger partial charge in [0.1, 0.15) is 0 Å². The number of guanidine groups is 1. The molecule has 0 amide bonds. The Morgan fingerprint density at radius 3 is 2.77 bits per heavy atom. The second-order valence-electron chi connectivity index (χ2n) is 7.05. The fraction of sp³-hybridized carbons (Fsp3) is 0.632. The molecule has 0 radical (unpaired) electrons. The Kier molecular flexibility index (Phi) is 6.64. The maximum atomic E-state index is 5.49. The molecule has 0 unspecified atom stereocenters. The molecule has 1 aromatic carbocycles. The van der Waals surface area contributed by atoms with Crippen molar-refractivity contribution in [1.82, 2.24) is 15.5 Å². The monoisotopic (exact) mass is 424 g/mol. The van der Waals surface area contributed by atoms with Crippen LogP contribution in [-0.4, -0.2) is 49.4 Å². The average molecular weight is 425 g/mol. The van der Waals surface area contributed by atoms with Crippen LogP contribution in [0.1, 0.15) is 39.2 Å². The van der Waals surface area contributed by atoms with E-state index in [0.29, 0.717) is 18.6 Å². The summed E-state index contributed by atoms with van der Waals surface area (Å²) < 4.78 is 11.8. The summed E-state index contributed by atoms with van der Waals surface area (Å²) in [5, 5.41) is 6.96. The molecule has 7 heteroatoms. The Labute approximate surface area is 164 Å². The van der Waals surface area contributed by atoms with Gasteiger partial charge in [0.25, 0.3) is 0 Å². The zero-order valence-electron chi connectivity index (χ0n) is 15.8. The van der Waals surface area contributed by atoms with Gasteiger partial charge in [0.2, 0.25) is 6.79 Å². The lowest BCUT2D eigenvalue weighted by Gasteiger charge is -2.35. The zero-order valence-corrected chi connectivity index (χ0v) is 17.4. The number of rotatable bonds is 5. The van der Waals surface area contributed by atoms with Crippen LogP contribution in [-0.2, 0) is 6.54 Å². The van der Waals surface area contributed by atoms with Crippen molar-refractivity contribution in [1.29, 1.82) is 0 Å². The first-order valence-electron chi connectivity index (χ1n) is 9.43. The molecule has 144 valence electrons. The number of likely N-dealkylation sites (tertiary alicyclic amines) is 1. The second kappa shape index (κ2) is 8.95. The standard InChI is InChI=1S/C19H29BrN4O2/c1-4-21-19(23-15-5-7-24(8-6-15)13(2)3)22-11-14-9-16(20)18-17(10-14)25-12-26-18/h9-10,13,15H,4-8,11-12H2,1-3H3,(H2,21,22,23). The third kappa shape index (κ3) is 4.82. The molecule has 1 saturated heterocycles. The average Bonchev–Trinajstić information content (AvgIpc) is 3.09. The molecule has 1 fully saturated rings. The molecule has 0 spiro atoms. The van der Waals surface area contributed by atoms with Crippen LogP contribution in [0.2, 0.25) is 0 Å². The number of aliphatic imine (C=N–C) groups is 1. The number of piperidine rings is 1. The summed E-state index contributed by atoms with van der Waals surface area (Å²) in [6.45, 7) is 10.6. The van der Waals surface area contributed by atoms with Gasteiger partial charge in [-0.05, 0) is 67.2 Å². The zero-order chi connectivity index (χ0) is 18.5. The highest BCUT2D eigenvalue weighted by molar-refractivity contribution is 9.10. The molecule has 0 saturated carbocycles. The molecule has 6 nitrogen and oxygen atoms in total. The van der Waals surface area contributed by atoms with E-state index in [1.807, 2.05) is 12.1 Å². The molecular formula is C19H29BrN4O2. The molecule has 0 bridgehead atoms. The van der Waals surface area contributed by atoms with Gasteiger partial charge in [-0.3, -0.25) is 0 Å². The van der Waals surface area contributed by atoms with Crippen LogP contribution in [0.25, 0.3) is 0 Å². The van der Waals surface area contributed by atoms with E-state index in [-0.39, 0.29) is 6.79 Å². The van der Waals surface area contributed by atoms with Crippen molar-refractivity contribution < 1.29 is 9.47 Å². The molecule has 3 rings (SSSR count). The molecule has 2 heterocycles. The van der Waals surface area contributed by atoms with Gasteiger partial charge in [-0.15, -0.1) is 0 Å². The van der Waals surface area contributed by atoms with Crippen molar-refractivity contribution in [2.24, 2.45) is 4.99 Å². The SMILES string of the molecule is CCNC(=NCc1cc(Br)c2c(c1)OCO2)NC1CCN(C(C)C)CC1. The molecule has 2 N–H and O–H groups in total. The predicted molar refractivity (Wildman–Crippen MR) is 108 cm³/mol. The summed E-state index contributed by atoms with van der Waals surface area (Å²) in [4.78, 5) is 7.30. The highest BCUT2D eigenvalue weighted by atomic mass is 79.9. The molecule has 0 aliphatic carbocycles. The lowest BCUT2D eigenvalue weighted by Crippen LogP contribution is -2.49. The molecule has 0 aromatic heterocycles. The summed E-state index contributed by atoms with van der Waals surface area (Å²) in [5.74, 6) is 2.44. The number of halogens is 1. The van der Waals surface area contributed by atoms with E-state index >= 15 is 0 Å². The van der Waals surface area contributed by atoms with Crippen LogP contribution in [0.15, 0.2) is 21.6 Å². The Morgan fingerprint density at radius 1 is 1.31 bits per heavy atom. The van der Waals surface area contributed by atoms with E-state index in [9.17, 15) is 0 Å². The largest absolute Gasteiger partial charge is 0.454 e. The maximum Gasteiger partial charge on any atom is 0.231 e. The molecule has 2 aliphatic rings. The second-order valence-corrected chi connectivity index (χ2v) is 7.91. The maximum absolute atomic E-state index is 5.49. The van der Waals surface area contributed by atoms with Crippen molar-refractivity contribution in [3.63, 3.8) is 0 Å². The van der Waals surface area contributed by atoms with Gasteiger partial charge >= 0.3 is 0 Å². The summed E-state index contributed by atoms with van der Waals surface area (Å²) in [6, 6.07) is 5.15. The van der Waals surface area contributed by atoms with E-state index in [1.54, 1.807) is 0 Å². The van der Waals surface area contributed by atoms with E-state index in [2.05, 4.69) is 52.2 Å². The fourth-order valence-electron chi connectivity index (χ4n) is 3.36. The highest BCUT2D eigenvalue weighted by Gasteiger charge is 2.21. The molecule has 2 aliphatic heterocycles. The molecular weight excluding hydrogens is 396 g/mol. The highest BCUT2D eigenvalue weighted by Crippen LogP contribution is 2.40. The van der Waals surface area contributed by atoms with Crippen LogP contribution < -0.4 is 20.1 Å². The number of hydrogen-bond donors (Lipinski definition) is 2. The van der Waals surface area contributed by atoms with Crippen LogP contribution in [0.4, 0.5) is 0 Å². The lowest BCUT2D eigenvalue weighted by molar-refractivity contribution is 0.167. The quantitative estimate of drug-likeness (QED) is 0.561. The fourth-order valence-corrected chi connectivity index (χ4v) is 3.96. The topological polar surface area (TPSA) is 58.1 Å². The van der Waals surface area contributed by atoms with Gasteiger partial charge in [-0.2, -0.15) is 0 Å². The van der Waals surface area contributed by atoms with Gasteiger partial charge in [0.05, 0.1) is 11.0 Å². The Hall–Kier alpha value is -1.47. The first-order valence-corrected chi connectivity index (χ1v) is 10.2. The predicted octanol–water partition coefficient (Wildman–Crippen LogP) is 3.11. The number of hydrogen-bond acceptors (Lipinski definition) is 4. The minimum Gasteiger partial charge on any atom is -0.454 e. The Bertz CT molecular complexity index is 643. The van der Waals surface area contributed by atoms with Gasteiger partial charge in [-0.1, -0.05) is 0 Å². The van der Waals surface area contributed by atoms with Gasteiger partial charge < -0.3 is 25.0 Å². The van der Waals surface area contributed by atoms with Gasteiger partial charge in [0, 0.05) is 31.7 Å². The smallest absolute Gasteiger partial charge is 0.231 e. The van der Waals surface area contributed by atoms with E-state index in [4.69, 9.17) is 14.5 Å². The molecule has 1 aromatic rings. The molecule has 26 heavy (non-hydrogen) atoms. The Morgan fingerprint density at radius 2 is 2.08 bits per heavy atom. The number of ether oxygens (including phenoxy) is 2. The first kappa shape index (κ1) is 19.3.